The Morgan fingerprint density at radius 3 is 2.14 bits per heavy atom. The van der Waals surface area contributed by atoms with Crippen LogP contribution in [0.25, 0.3) is 10.8 Å². The van der Waals surface area contributed by atoms with Crippen molar-refractivity contribution in [1.82, 2.24) is 4.90 Å². The predicted molar refractivity (Wildman–Crippen MR) is 98.2 cm³/mol. The Morgan fingerprint density at radius 1 is 1.00 bits per heavy atom. The van der Waals surface area contributed by atoms with Gasteiger partial charge in [0.05, 0.1) is 19.7 Å². The van der Waals surface area contributed by atoms with E-state index in [1.54, 1.807) is 0 Å². The van der Waals surface area contributed by atoms with Crippen molar-refractivity contribution in [2.45, 2.75) is 12.6 Å². The van der Waals surface area contributed by atoms with E-state index in [0.717, 1.165) is 37.6 Å². The zero-order valence-corrected chi connectivity index (χ0v) is 16.2. The van der Waals surface area contributed by atoms with Crippen LogP contribution in [-0.2, 0) is 16.1 Å². The molecule has 1 unspecified atom stereocenters. The minimum Gasteiger partial charge on any atom is -0.358 e. The summed E-state index contributed by atoms with van der Waals surface area (Å²) in [5, 5.41) is 2.63. The number of carbonyl (C=O) groups is 1. The number of fused-ring (bicyclic) bond motifs is 1. The summed E-state index contributed by atoms with van der Waals surface area (Å²) in [6, 6.07) is 15.0. The van der Waals surface area contributed by atoms with E-state index in [1.807, 2.05) is 0 Å². The van der Waals surface area contributed by atoms with Gasteiger partial charge in [-0.05, 0) is 16.3 Å². The van der Waals surface area contributed by atoms with Gasteiger partial charge in [0.15, 0.2) is 6.10 Å². The van der Waals surface area contributed by atoms with Crippen LogP contribution in [0.3, 0.4) is 0 Å². The third-order valence-electron chi connectivity index (χ3n) is 4.71. The maximum Gasteiger partial charge on any atom is 0.343 e. The number of hydrogen-bond donors (Lipinski definition) is 1. The molecule has 0 aliphatic carbocycles. The molecule has 162 valence electrons. The van der Waals surface area contributed by atoms with Gasteiger partial charge in [0.1, 0.15) is 0 Å². The number of ether oxygens (including phenoxy) is 1. The summed E-state index contributed by atoms with van der Waals surface area (Å²) < 4.78 is 64.3. The summed E-state index contributed by atoms with van der Waals surface area (Å²) in [6.45, 7) is 5.31. The van der Waals surface area contributed by atoms with E-state index in [4.69, 9.17) is 4.74 Å². The Hall–Kier alpha value is -1.74. The molecule has 2 aromatic carbocycles. The van der Waals surface area contributed by atoms with Crippen LogP contribution >= 0.6 is 7.81 Å². The van der Waals surface area contributed by atoms with Crippen molar-refractivity contribution in [3.8, 4) is 0 Å². The van der Waals surface area contributed by atoms with Gasteiger partial charge in [-0.2, -0.15) is 0 Å². The van der Waals surface area contributed by atoms with Gasteiger partial charge in [-0.25, -0.2) is 4.79 Å². The number of rotatable bonds is 3. The predicted octanol–water partition coefficient (Wildman–Crippen LogP) is 3.85. The number of nitrogens with zero attached hydrogens (tertiary/aromatic N) is 1. The van der Waals surface area contributed by atoms with Crippen molar-refractivity contribution < 1.29 is 39.6 Å². The Bertz CT molecular complexity index is 878. The van der Waals surface area contributed by atoms with Gasteiger partial charge in [-0.3, -0.25) is 9.80 Å². The molecule has 2 aliphatic rings. The summed E-state index contributed by atoms with van der Waals surface area (Å²) in [4.78, 5) is 15.6. The summed E-state index contributed by atoms with van der Waals surface area (Å²) >= 11 is 0. The van der Waals surface area contributed by atoms with Gasteiger partial charge in [0.2, 0.25) is 0 Å². The standard InChI is InChI=1S/C18H20N2O2.F6P/c21-18(17-13-22-17)20-10-8-19(9-11-20)12-15-6-3-5-14-4-1-2-7-16(14)15;1-7(2,3,4,5)6/h1-7,17H,8-13H2;/q;-1/p+1. The van der Waals surface area contributed by atoms with E-state index in [-0.39, 0.29) is 12.0 Å². The first-order valence-corrected chi connectivity index (χ1v) is 11.0. The van der Waals surface area contributed by atoms with E-state index < -0.39 is 7.81 Å². The first-order chi connectivity index (χ1) is 13.3. The number of benzene rings is 2. The second kappa shape index (κ2) is 7.19. The van der Waals surface area contributed by atoms with E-state index >= 15 is 0 Å². The average molecular weight is 442 g/mol. The zero-order chi connectivity index (χ0) is 21.3. The molecule has 2 aromatic rings. The van der Waals surface area contributed by atoms with Gasteiger partial charge < -0.3 is 4.74 Å². The molecule has 29 heavy (non-hydrogen) atoms. The molecule has 1 amide bonds. The van der Waals surface area contributed by atoms with Gasteiger partial charge in [0, 0.05) is 19.6 Å². The fourth-order valence-corrected chi connectivity index (χ4v) is 3.33. The van der Waals surface area contributed by atoms with Crippen LogP contribution in [0.4, 0.5) is 25.2 Å². The Labute approximate surface area is 163 Å². The second-order valence-corrected chi connectivity index (χ2v) is 9.08. The number of carbonyl (C=O) groups excluding carboxylic acids is 1. The minimum absolute atomic E-state index is 0.111. The van der Waals surface area contributed by atoms with Gasteiger partial charge in [-0.1, -0.05) is 42.5 Å². The third kappa shape index (κ3) is 7.89. The summed E-state index contributed by atoms with van der Waals surface area (Å²) in [6.07, 6.45) is -0.111. The summed E-state index contributed by atoms with van der Waals surface area (Å²) in [5.41, 5.74) is 1.37. The van der Waals surface area contributed by atoms with E-state index in [9.17, 15) is 30.0 Å². The number of quaternary nitrogens is 1. The molecule has 2 heterocycles. The molecule has 0 spiro atoms. The van der Waals surface area contributed by atoms with Crippen LogP contribution in [0, 0.1) is 0 Å². The maximum atomic E-state index is 12.0. The van der Waals surface area contributed by atoms with Crippen LogP contribution in [0.2, 0.25) is 0 Å². The topological polar surface area (TPSA) is 37.3 Å². The zero-order valence-electron chi connectivity index (χ0n) is 15.3. The maximum absolute atomic E-state index is 12.0. The molecule has 0 radical (unpaired) electrons. The van der Waals surface area contributed by atoms with Crippen LogP contribution in [-0.4, -0.2) is 49.7 Å². The molecule has 1 N–H and O–H groups in total. The van der Waals surface area contributed by atoms with Gasteiger partial charge >= 0.3 is 38.9 Å². The quantitative estimate of drug-likeness (QED) is 0.446. The molecule has 0 saturated carbocycles. The van der Waals surface area contributed by atoms with Gasteiger partial charge in [0.25, 0.3) is 0 Å². The van der Waals surface area contributed by atoms with E-state index in [0.29, 0.717) is 6.61 Å². The average Bonchev–Trinajstić information content (AvgIpc) is 3.45. The second-order valence-electron chi connectivity index (χ2n) is 7.16. The van der Waals surface area contributed by atoms with Crippen molar-refractivity contribution in [2.75, 3.05) is 32.8 Å². The number of hydrogen-bond acceptors (Lipinski definition) is 3. The molecule has 2 fully saturated rings. The molecule has 2 aliphatic heterocycles. The van der Waals surface area contributed by atoms with Crippen molar-refractivity contribution in [3.05, 3.63) is 48.0 Å². The smallest absolute Gasteiger partial charge is 0.343 e. The SMILES string of the molecule is F[P-](F)(F)(F)(F)F.O=C(C1CO1)[NH+]1CCN(Cc2cccc3ccccc23)CC1. The minimum atomic E-state index is -10.7. The van der Waals surface area contributed by atoms with Crippen molar-refractivity contribution in [1.29, 1.82) is 0 Å². The van der Waals surface area contributed by atoms with Gasteiger partial charge in [-0.15, -0.1) is 0 Å². The first kappa shape index (κ1) is 22.0. The van der Waals surface area contributed by atoms with E-state index in [2.05, 4.69) is 47.4 Å². The number of piperazine rings is 1. The Morgan fingerprint density at radius 2 is 1.55 bits per heavy atom. The number of epoxide rings is 1. The first-order valence-electron chi connectivity index (χ1n) is 9.02. The number of halogens is 6. The van der Waals surface area contributed by atoms with Crippen LogP contribution in [0.1, 0.15) is 5.56 Å². The van der Waals surface area contributed by atoms with Crippen LogP contribution < -0.4 is 4.90 Å². The summed E-state index contributed by atoms with van der Waals surface area (Å²) in [7, 11) is -10.7. The molecule has 4 rings (SSSR count). The molecular weight excluding hydrogens is 421 g/mol. The van der Waals surface area contributed by atoms with Crippen LogP contribution in [0.15, 0.2) is 42.5 Å². The van der Waals surface area contributed by atoms with Crippen molar-refractivity contribution >= 4 is 24.5 Å². The molecule has 1 atom stereocenters. The Kier molecular flexibility index (Phi) is 5.45. The molecule has 0 aromatic heterocycles. The number of nitrogens with one attached hydrogen (secondary N) is 1. The summed E-state index contributed by atoms with van der Waals surface area (Å²) in [5.74, 6) is 0.254. The molecule has 0 bridgehead atoms. The van der Waals surface area contributed by atoms with E-state index in [1.165, 1.54) is 16.3 Å². The fourth-order valence-electron chi connectivity index (χ4n) is 3.33. The van der Waals surface area contributed by atoms with Crippen LogP contribution in [0.5, 0.6) is 0 Å². The molecule has 11 heteroatoms. The fraction of sp³-hybridized carbons (Fsp3) is 0.389. The molecule has 4 nitrogen and oxygen atoms in total. The Balaban J connectivity index is 0.000000298. The van der Waals surface area contributed by atoms with Crippen molar-refractivity contribution in [3.63, 3.8) is 0 Å². The largest absolute Gasteiger partial charge is 0.358 e. The number of amides is 1. The molecule has 2 saturated heterocycles. The third-order valence-corrected chi connectivity index (χ3v) is 4.71. The normalized spacial score (nSPS) is 22.9. The monoisotopic (exact) mass is 442 g/mol. The molecular formula is C18H21F6N2O2P. The van der Waals surface area contributed by atoms with Crippen molar-refractivity contribution in [2.24, 2.45) is 0 Å².